The standard InChI is InChI=1S/C14H14Cl2N2O2S/c1-8-13(21-9(2)18-8)6-17-14(19)7-20-12-4-3-10(15)5-11(12)16/h3-5H,6-7H2,1-2H3,(H,17,19). The van der Waals surface area contributed by atoms with Gasteiger partial charge in [0.1, 0.15) is 5.75 Å². The zero-order chi connectivity index (χ0) is 15.4. The van der Waals surface area contributed by atoms with Crippen LogP contribution in [0.15, 0.2) is 18.2 Å². The number of thiazole rings is 1. The van der Waals surface area contributed by atoms with Crippen LogP contribution >= 0.6 is 34.5 Å². The average molecular weight is 345 g/mol. The summed E-state index contributed by atoms with van der Waals surface area (Å²) in [5.41, 5.74) is 0.944. The second-order valence-corrected chi connectivity index (χ2v) is 6.51. The van der Waals surface area contributed by atoms with Crippen molar-refractivity contribution in [2.24, 2.45) is 0 Å². The third-order valence-electron chi connectivity index (χ3n) is 2.70. The number of carbonyl (C=O) groups excluding carboxylic acids is 1. The molecule has 7 heteroatoms. The Morgan fingerprint density at radius 2 is 2.14 bits per heavy atom. The fraction of sp³-hybridized carbons (Fsp3) is 0.286. The van der Waals surface area contributed by atoms with E-state index < -0.39 is 0 Å². The topological polar surface area (TPSA) is 51.2 Å². The number of benzene rings is 1. The molecule has 0 radical (unpaired) electrons. The second-order valence-electron chi connectivity index (χ2n) is 4.38. The fourth-order valence-corrected chi connectivity index (χ4v) is 3.04. The van der Waals surface area contributed by atoms with Gasteiger partial charge in [0.2, 0.25) is 0 Å². The highest BCUT2D eigenvalue weighted by Crippen LogP contribution is 2.27. The molecule has 1 amide bonds. The van der Waals surface area contributed by atoms with Gasteiger partial charge in [-0.25, -0.2) is 4.98 Å². The quantitative estimate of drug-likeness (QED) is 0.898. The Balaban J connectivity index is 1.83. The number of hydrogen-bond donors (Lipinski definition) is 1. The summed E-state index contributed by atoms with van der Waals surface area (Å²) in [5.74, 6) is 0.215. The predicted molar refractivity (Wildman–Crippen MR) is 85.4 cm³/mol. The number of aryl methyl sites for hydroxylation is 2. The lowest BCUT2D eigenvalue weighted by Gasteiger charge is -2.08. The van der Waals surface area contributed by atoms with E-state index in [9.17, 15) is 4.79 Å². The van der Waals surface area contributed by atoms with E-state index in [1.807, 2.05) is 13.8 Å². The molecule has 0 atom stereocenters. The number of ether oxygens (including phenoxy) is 1. The third-order valence-corrected chi connectivity index (χ3v) is 4.30. The van der Waals surface area contributed by atoms with Gasteiger partial charge in [0.05, 0.1) is 22.3 Å². The Hall–Kier alpha value is -1.30. The van der Waals surface area contributed by atoms with Crippen LogP contribution in [-0.2, 0) is 11.3 Å². The maximum absolute atomic E-state index is 11.8. The summed E-state index contributed by atoms with van der Waals surface area (Å²) < 4.78 is 5.36. The molecule has 4 nitrogen and oxygen atoms in total. The molecule has 1 aromatic carbocycles. The van der Waals surface area contributed by atoms with Crippen LogP contribution in [0.5, 0.6) is 5.75 Å². The minimum absolute atomic E-state index is 0.0990. The lowest BCUT2D eigenvalue weighted by atomic mass is 10.3. The van der Waals surface area contributed by atoms with Gasteiger partial charge in [-0.2, -0.15) is 0 Å². The lowest BCUT2D eigenvalue weighted by molar-refractivity contribution is -0.123. The number of aromatic nitrogens is 1. The molecule has 0 unspecified atom stereocenters. The van der Waals surface area contributed by atoms with Crippen LogP contribution in [0.25, 0.3) is 0 Å². The summed E-state index contributed by atoms with van der Waals surface area (Å²) in [5, 5.41) is 4.68. The van der Waals surface area contributed by atoms with Crippen molar-refractivity contribution in [3.63, 3.8) is 0 Å². The maximum atomic E-state index is 11.8. The van der Waals surface area contributed by atoms with E-state index in [2.05, 4.69) is 10.3 Å². The van der Waals surface area contributed by atoms with Crippen molar-refractivity contribution in [3.05, 3.63) is 43.8 Å². The molecule has 0 saturated carbocycles. The highest BCUT2D eigenvalue weighted by atomic mass is 35.5. The second kappa shape index (κ2) is 7.11. The maximum Gasteiger partial charge on any atom is 0.258 e. The minimum Gasteiger partial charge on any atom is -0.482 e. The van der Waals surface area contributed by atoms with Gasteiger partial charge >= 0.3 is 0 Å². The van der Waals surface area contributed by atoms with Crippen molar-refractivity contribution in [1.82, 2.24) is 10.3 Å². The number of hydrogen-bond acceptors (Lipinski definition) is 4. The molecule has 0 spiro atoms. The van der Waals surface area contributed by atoms with Gasteiger partial charge in [0, 0.05) is 9.90 Å². The smallest absolute Gasteiger partial charge is 0.258 e. The van der Waals surface area contributed by atoms with Crippen molar-refractivity contribution in [2.45, 2.75) is 20.4 Å². The lowest BCUT2D eigenvalue weighted by Crippen LogP contribution is -2.28. The number of nitrogens with one attached hydrogen (secondary N) is 1. The first-order valence-electron chi connectivity index (χ1n) is 6.23. The minimum atomic E-state index is -0.216. The molecule has 2 aromatic rings. The Labute approximate surface area is 137 Å². The Morgan fingerprint density at radius 3 is 2.76 bits per heavy atom. The van der Waals surface area contributed by atoms with Crippen molar-refractivity contribution in [1.29, 1.82) is 0 Å². The van der Waals surface area contributed by atoms with Gasteiger partial charge in [0.15, 0.2) is 6.61 Å². The molecule has 0 saturated heterocycles. The number of rotatable bonds is 5. The molecule has 0 aliphatic heterocycles. The summed E-state index contributed by atoms with van der Waals surface area (Å²) in [6, 6.07) is 4.86. The molecule has 0 bridgehead atoms. The van der Waals surface area contributed by atoms with E-state index >= 15 is 0 Å². The van der Waals surface area contributed by atoms with Crippen molar-refractivity contribution < 1.29 is 9.53 Å². The summed E-state index contributed by atoms with van der Waals surface area (Å²) in [7, 11) is 0. The number of nitrogens with zero attached hydrogens (tertiary/aromatic N) is 1. The van der Waals surface area contributed by atoms with E-state index in [0.29, 0.717) is 22.3 Å². The number of carbonyl (C=O) groups is 1. The van der Waals surface area contributed by atoms with Gasteiger partial charge in [-0.3, -0.25) is 4.79 Å². The molecular formula is C14H14Cl2N2O2S. The normalized spacial score (nSPS) is 10.5. The summed E-state index contributed by atoms with van der Waals surface area (Å²) in [6.07, 6.45) is 0. The largest absolute Gasteiger partial charge is 0.482 e. The van der Waals surface area contributed by atoms with Crippen LogP contribution in [0, 0.1) is 13.8 Å². The first kappa shape index (κ1) is 16.1. The average Bonchev–Trinajstić information content (AvgIpc) is 2.73. The Kier molecular flexibility index (Phi) is 5.45. The van der Waals surface area contributed by atoms with E-state index in [1.54, 1.807) is 29.5 Å². The SMILES string of the molecule is Cc1nc(C)c(CNC(=O)COc2ccc(Cl)cc2Cl)s1. The molecular weight excluding hydrogens is 331 g/mol. The first-order chi connectivity index (χ1) is 9.95. The van der Waals surface area contributed by atoms with Gasteiger partial charge < -0.3 is 10.1 Å². The van der Waals surface area contributed by atoms with Crippen LogP contribution in [-0.4, -0.2) is 17.5 Å². The summed E-state index contributed by atoms with van der Waals surface area (Å²) in [6.45, 7) is 4.22. The fourth-order valence-electron chi connectivity index (χ4n) is 1.70. The van der Waals surface area contributed by atoms with Crippen molar-refractivity contribution in [2.75, 3.05) is 6.61 Å². The van der Waals surface area contributed by atoms with Crippen LogP contribution in [0.4, 0.5) is 0 Å². The molecule has 112 valence electrons. The van der Waals surface area contributed by atoms with Crippen LogP contribution < -0.4 is 10.1 Å². The highest BCUT2D eigenvalue weighted by Gasteiger charge is 2.09. The first-order valence-corrected chi connectivity index (χ1v) is 7.80. The third kappa shape index (κ3) is 4.59. The zero-order valence-electron chi connectivity index (χ0n) is 11.6. The molecule has 21 heavy (non-hydrogen) atoms. The molecule has 1 N–H and O–H groups in total. The van der Waals surface area contributed by atoms with Gasteiger partial charge in [0.25, 0.3) is 5.91 Å². The highest BCUT2D eigenvalue weighted by molar-refractivity contribution is 7.11. The number of amides is 1. The number of halogens is 2. The van der Waals surface area contributed by atoms with E-state index in [4.69, 9.17) is 27.9 Å². The summed E-state index contributed by atoms with van der Waals surface area (Å²) in [4.78, 5) is 17.1. The van der Waals surface area contributed by atoms with E-state index in [1.165, 1.54) is 0 Å². The van der Waals surface area contributed by atoms with E-state index in [-0.39, 0.29) is 12.5 Å². The predicted octanol–water partition coefficient (Wildman–Crippen LogP) is 3.76. The Bertz CT molecular complexity index is 658. The van der Waals surface area contributed by atoms with Gasteiger partial charge in [-0.05, 0) is 32.0 Å². The Morgan fingerprint density at radius 1 is 1.38 bits per heavy atom. The zero-order valence-corrected chi connectivity index (χ0v) is 13.9. The summed E-state index contributed by atoms with van der Waals surface area (Å²) >= 11 is 13.3. The van der Waals surface area contributed by atoms with Gasteiger partial charge in [-0.15, -0.1) is 11.3 Å². The monoisotopic (exact) mass is 344 g/mol. The van der Waals surface area contributed by atoms with Gasteiger partial charge in [-0.1, -0.05) is 23.2 Å². The van der Waals surface area contributed by atoms with Crippen molar-refractivity contribution in [3.8, 4) is 5.75 Å². The molecule has 0 aliphatic rings. The molecule has 0 aliphatic carbocycles. The molecule has 0 fully saturated rings. The van der Waals surface area contributed by atoms with Crippen LogP contribution in [0.1, 0.15) is 15.6 Å². The molecule has 2 rings (SSSR count). The van der Waals surface area contributed by atoms with E-state index in [0.717, 1.165) is 15.6 Å². The van der Waals surface area contributed by atoms with Crippen molar-refractivity contribution >= 4 is 40.4 Å². The molecule has 1 heterocycles. The van der Waals surface area contributed by atoms with Crippen LogP contribution in [0.3, 0.4) is 0 Å². The van der Waals surface area contributed by atoms with Crippen LogP contribution in [0.2, 0.25) is 10.0 Å². The molecule has 1 aromatic heterocycles.